The van der Waals surface area contributed by atoms with Crippen LogP contribution in [-0.4, -0.2) is 58.1 Å². The summed E-state index contributed by atoms with van der Waals surface area (Å²) in [5.74, 6) is -0.218. The second-order valence-electron chi connectivity index (χ2n) is 13.5. The van der Waals surface area contributed by atoms with E-state index in [2.05, 4.69) is 17.0 Å². The van der Waals surface area contributed by atoms with Gasteiger partial charge in [-0.05, 0) is 50.5 Å². The molecule has 0 amide bonds. The number of halogens is 1. The van der Waals surface area contributed by atoms with Gasteiger partial charge in [0, 0.05) is 12.2 Å². The molecule has 1 saturated heterocycles. The number of aromatic nitrogens is 3. The highest BCUT2D eigenvalue weighted by molar-refractivity contribution is 7.47. The van der Waals surface area contributed by atoms with E-state index in [1.807, 2.05) is 25.1 Å². The summed E-state index contributed by atoms with van der Waals surface area (Å²) in [7, 11) is -4.50. The van der Waals surface area contributed by atoms with Crippen molar-refractivity contribution >= 4 is 19.2 Å². The van der Waals surface area contributed by atoms with Crippen molar-refractivity contribution in [3.8, 4) is 6.07 Å². The fraction of sp³-hybridized carbons (Fsp3) is 0.649. The number of phosphoric acid groups is 1. The lowest BCUT2D eigenvalue weighted by atomic mass is 9.98. The zero-order chi connectivity index (χ0) is 36.5. The Balaban J connectivity index is 1.20. The monoisotopic (exact) mass is 731 g/mol. The number of unbranched alkanes of at least 4 members (excludes halogenated alkanes) is 11. The molecule has 14 heteroatoms. The number of nitrogens with two attached hydrogens (primary N) is 1. The molecule has 0 saturated carbocycles. The van der Waals surface area contributed by atoms with Gasteiger partial charge in [0.2, 0.25) is 0 Å². The van der Waals surface area contributed by atoms with Gasteiger partial charge >= 0.3 is 7.82 Å². The molecule has 3 N–H and O–H groups in total. The SMILES string of the molecule is CCCCCCCCCCCCCCOC[C@H](COP(=O)(O)OC[C@@H]1CC[C@](C)(c2ccc3c(N)ncnn23)O1)OCc1ccc(C#N)cc1F. The highest BCUT2D eigenvalue weighted by Crippen LogP contribution is 2.46. The van der Waals surface area contributed by atoms with Crippen LogP contribution in [0.25, 0.3) is 5.52 Å². The van der Waals surface area contributed by atoms with Gasteiger partial charge in [0.15, 0.2) is 5.82 Å². The van der Waals surface area contributed by atoms with Crippen molar-refractivity contribution in [1.29, 1.82) is 5.26 Å². The molecule has 0 spiro atoms. The molecule has 0 aliphatic carbocycles. The minimum absolute atomic E-state index is 0.0827. The van der Waals surface area contributed by atoms with E-state index < -0.39 is 31.4 Å². The molecule has 3 heterocycles. The molecule has 282 valence electrons. The highest BCUT2D eigenvalue weighted by Gasteiger charge is 2.41. The quantitative estimate of drug-likeness (QED) is 0.0638. The van der Waals surface area contributed by atoms with Crippen molar-refractivity contribution in [2.45, 2.75) is 128 Å². The Hall–Kier alpha value is -2.95. The van der Waals surface area contributed by atoms with Crippen LogP contribution in [0.3, 0.4) is 0 Å². The van der Waals surface area contributed by atoms with Gasteiger partial charge in [0.05, 0.1) is 49.9 Å². The molecular weight excluding hydrogens is 676 g/mol. The minimum Gasteiger partial charge on any atom is -0.382 e. The number of hydrogen-bond acceptors (Lipinski definition) is 10. The number of nitrogens with zero attached hydrogens (tertiary/aromatic N) is 4. The van der Waals surface area contributed by atoms with Crippen molar-refractivity contribution in [3.05, 3.63) is 59.3 Å². The van der Waals surface area contributed by atoms with E-state index in [1.54, 1.807) is 4.52 Å². The van der Waals surface area contributed by atoms with E-state index in [-0.39, 0.29) is 37.6 Å². The number of hydrogen-bond donors (Lipinski definition) is 2. The molecule has 1 aliphatic rings. The van der Waals surface area contributed by atoms with E-state index >= 15 is 0 Å². The first-order chi connectivity index (χ1) is 24.6. The molecule has 1 unspecified atom stereocenters. The molecule has 0 radical (unpaired) electrons. The smallest absolute Gasteiger partial charge is 0.382 e. The van der Waals surface area contributed by atoms with Crippen LogP contribution >= 0.6 is 7.82 Å². The van der Waals surface area contributed by atoms with Crippen molar-refractivity contribution in [3.63, 3.8) is 0 Å². The second-order valence-corrected chi connectivity index (χ2v) is 15.0. The average molecular weight is 732 g/mol. The van der Waals surface area contributed by atoms with E-state index in [0.717, 1.165) is 31.0 Å². The minimum atomic E-state index is -4.50. The van der Waals surface area contributed by atoms with E-state index in [9.17, 15) is 13.8 Å². The molecule has 1 aliphatic heterocycles. The first kappa shape index (κ1) is 40.8. The Morgan fingerprint density at radius 2 is 1.78 bits per heavy atom. The van der Waals surface area contributed by atoms with E-state index in [4.69, 9.17) is 34.3 Å². The van der Waals surface area contributed by atoms with Crippen LogP contribution in [0.2, 0.25) is 0 Å². The van der Waals surface area contributed by atoms with Crippen LogP contribution in [0.15, 0.2) is 36.7 Å². The Labute approximate surface area is 301 Å². The molecular formula is C37H55FN5O7P. The normalized spacial score (nSPS) is 19.3. The summed E-state index contributed by atoms with van der Waals surface area (Å²) < 4.78 is 57.8. The summed E-state index contributed by atoms with van der Waals surface area (Å²) in [5.41, 5.74) is 7.17. The third-order valence-electron chi connectivity index (χ3n) is 9.34. The molecule has 3 aromatic rings. The number of ether oxygens (including phenoxy) is 3. The van der Waals surface area contributed by atoms with Crippen molar-refractivity contribution in [2.24, 2.45) is 0 Å². The van der Waals surface area contributed by atoms with Gasteiger partial charge in [-0.15, -0.1) is 0 Å². The number of rotatable bonds is 25. The topological polar surface area (TPSA) is 163 Å². The average Bonchev–Trinajstić information content (AvgIpc) is 3.74. The largest absolute Gasteiger partial charge is 0.472 e. The third kappa shape index (κ3) is 13.2. The fourth-order valence-electron chi connectivity index (χ4n) is 6.32. The van der Waals surface area contributed by atoms with Crippen molar-refractivity contribution in [1.82, 2.24) is 14.6 Å². The molecule has 51 heavy (non-hydrogen) atoms. The van der Waals surface area contributed by atoms with Gasteiger partial charge < -0.3 is 24.8 Å². The number of anilines is 1. The maximum absolute atomic E-state index is 14.5. The Kier molecular flexibility index (Phi) is 16.7. The summed E-state index contributed by atoms with van der Waals surface area (Å²) in [4.78, 5) is 14.6. The van der Waals surface area contributed by atoms with Crippen LogP contribution in [0.5, 0.6) is 0 Å². The van der Waals surface area contributed by atoms with Crippen LogP contribution in [0.4, 0.5) is 10.2 Å². The zero-order valence-corrected chi connectivity index (χ0v) is 31.0. The van der Waals surface area contributed by atoms with Gasteiger partial charge in [-0.1, -0.05) is 83.6 Å². The van der Waals surface area contributed by atoms with Gasteiger partial charge in [-0.25, -0.2) is 18.5 Å². The zero-order valence-electron chi connectivity index (χ0n) is 30.1. The Morgan fingerprint density at radius 1 is 1.08 bits per heavy atom. The van der Waals surface area contributed by atoms with E-state index in [1.165, 1.54) is 76.2 Å². The second kappa shape index (κ2) is 20.9. The summed E-state index contributed by atoms with van der Waals surface area (Å²) >= 11 is 0. The third-order valence-corrected chi connectivity index (χ3v) is 10.3. The molecule has 1 fully saturated rings. The first-order valence-electron chi connectivity index (χ1n) is 18.4. The molecule has 12 nitrogen and oxygen atoms in total. The summed E-state index contributed by atoms with van der Waals surface area (Å²) in [6.07, 6.45) is 16.2. The van der Waals surface area contributed by atoms with Crippen LogP contribution in [-0.2, 0) is 40.0 Å². The maximum Gasteiger partial charge on any atom is 0.472 e. The molecule has 4 rings (SSSR count). The van der Waals surface area contributed by atoms with Crippen molar-refractivity contribution in [2.75, 3.05) is 32.2 Å². The van der Waals surface area contributed by atoms with Gasteiger partial charge in [0.25, 0.3) is 0 Å². The van der Waals surface area contributed by atoms with Gasteiger partial charge in [0.1, 0.15) is 29.4 Å². The Bertz CT molecular complexity index is 1590. The summed E-state index contributed by atoms with van der Waals surface area (Å²) in [6.45, 7) is 4.14. The first-order valence-corrected chi connectivity index (χ1v) is 19.9. The van der Waals surface area contributed by atoms with Gasteiger partial charge in [-0.3, -0.25) is 9.05 Å². The molecule has 0 bridgehead atoms. The highest BCUT2D eigenvalue weighted by atomic mass is 31.2. The van der Waals surface area contributed by atoms with Crippen molar-refractivity contribution < 1.29 is 37.1 Å². The number of nitrogen functional groups attached to an aromatic ring is 1. The lowest BCUT2D eigenvalue weighted by molar-refractivity contribution is -0.0637. The number of benzene rings is 1. The maximum atomic E-state index is 14.5. The van der Waals surface area contributed by atoms with Crippen LogP contribution in [0.1, 0.15) is 121 Å². The predicted molar refractivity (Wildman–Crippen MR) is 192 cm³/mol. The standard InChI is InChI=1S/C37H55FN5O7P/c1-3-4-5-6-7-8-9-10-11-12-13-14-21-46-25-32(47-24-30-16-15-29(23-39)22-33(30)38)27-49-51(44,45)48-26-31-19-20-37(2,50-31)35-18-17-34-36(40)41-28-42-43(34)35/h15-18,22,28,31-32H,3-14,19-21,24-27H2,1-2H3,(H,44,45)(H2,40,41,42)/t31-,32+,37+/m0/s1. The van der Waals surface area contributed by atoms with E-state index in [0.29, 0.717) is 30.8 Å². The lowest BCUT2D eigenvalue weighted by Crippen LogP contribution is -2.27. The number of phosphoric ester groups is 1. The number of fused-ring (bicyclic) bond motifs is 1. The Morgan fingerprint density at radius 3 is 2.47 bits per heavy atom. The van der Waals surface area contributed by atoms with Crippen LogP contribution < -0.4 is 5.73 Å². The fourth-order valence-corrected chi connectivity index (χ4v) is 7.10. The van der Waals surface area contributed by atoms with Gasteiger partial charge in [-0.2, -0.15) is 10.4 Å². The molecule has 4 atom stereocenters. The summed E-state index contributed by atoms with van der Waals surface area (Å²) in [5, 5.41) is 13.3. The number of nitriles is 1. The molecule has 1 aromatic carbocycles. The predicted octanol–water partition coefficient (Wildman–Crippen LogP) is 8.15. The summed E-state index contributed by atoms with van der Waals surface area (Å²) in [6, 6.07) is 9.74. The van der Waals surface area contributed by atoms with Crippen LogP contribution in [0, 0.1) is 17.1 Å². The molecule has 2 aromatic heterocycles. The lowest BCUT2D eigenvalue weighted by Gasteiger charge is -2.25.